The molecule has 24 heavy (non-hydrogen) atoms. The van der Waals surface area contributed by atoms with E-state index >= 15 is 0 Å². The van der Waals surface area contributed by atoms with E-state index in [9.17, 15) is 22.8 Å². The number of benzene rings is 1. The largest absolute Gasteiger partial charge is 0.413 e. The Bertz CT molecular complexity index is 726. The van der Waals surface area contributed by atoms with Gasteiger partial charge in [-0.25, -0.2) is 0 Å². The van der Waals surface area contributed by atoms with Crippen LogP contribution in [0.25, 0.3) is 0 Å². The van der Waals surface area contributed by atoms with Gasteiger partial charge in [0, 0.05) is 19.8 Å². The van der Waals surface area contributed by atoms with E-state index in [1.54, 1.807) is 13.0 Å². The number of rotatable bonds is 5. The van der Waals surface area contributed by atoms with E-state index in [-0.39, 0.29) is 11.1 Å². The maximum Gasteiger partial charge on any atom is 0.413 e. The number of amides is 1. The summed E-state index contributed by atoms with van der Waals surface area (Å²) in [4.78, 5) is 24.8. The van der Waals surface area contributed by atoms with Crippen LogP contribution < -0.4 is 0 Å². The molecular formula is C16H16F3N3O2. The third kappa shape index (κ3) is 3.64. The predicted molar refractivity (Wildman–Crippen MR) is 80.2 cm³/mol. The molecule has 2 aromatic rings. The first-order chi connectivity index (χ1) is 11.3. The fourth-order valence-electron chi connectivity index (χ4n) is 2.32. The van der Waals surface area contributed by atoms with Gasteiger partial charge in [0.2, 0.25) is 0 Å². The normalized spacial score (nSPS) is 12.7. The van der Waals surface area contributed by atoms with Gasteiger partial charge in [0.25, 0.3) is 11.7 Å². The van der Waals surface area contributed by atoms with Crippen molar-refractivity contribution in [2.45, 2.75) is 25.7 Å². The average Bonchev–Trinajstić information content (AvgIpc) is 3.02. The van der Waals surface area contributed by atoms with E-state index in [1.807, 2.05) is 0 Å². The molecule has 1 atom stereocenters. The van der Waals surface area contributed by atoms with Crippen LogP contribution in [0.3, 0.4) is 0 Å². The van der Waals surface area contributed by atoms with E-state index < -0.39 is 23.9 Å². The lowest BCUT2D eigenvalue weighted by atomic mass is 10.0. The molecule has 1 amide bonds. The van der Waals surface area contributed by atoms with E-state index in [4.69, 9.17) is 0 Å². The fraction of sp³-hybridized carbons (Fsp3) is 0.312. The van der Waals surface area contributed by atoms with Crippen LogP contribution in [-0.2, 0) is 11.3 Å². The van der Waals surface area contributed by atoms with Crippen LogP contribution >= 0.6 is 0 Å². The van der Waals surface area contributed by atoms with Gasteiger partial charge in [0.15, 0.2) is 6.04 Å². The van der Waals surface area contributed by atoms with Gasteiger partial charge in [-0.2, -0.15) is 18.3 Å². The Labute approximate surface area is 136 Å². The first-order valence-electron chi connectivity index (χ1n) is 7.21. The molecule has 0 unspecified atom stereocenters. The van der Waals surface area contributed by atoms with Crippen molar-refractivity contribution in [3.05, 3.63) is 53.9 Å². The number of ketones is 1. The van der Waals surface area contributed by atoms with Gasteiger partial charge in [-0.05, 0) is 12.5 Å². The Hall–Kier alpha value is -2.64. The summed E-state index contributed by atoms with van der Waals surface area (Å²) >= 11 is 0. The first-order valence-corrected chi connectivity index (χ1v) is 7.21. The Balaban J connectivity index is 2.30. The molecular weight excluding hydrogens is 323 g/mol. The zero-order chi connectivity index (χ0) is 17.9. The van der Waals surface area contributed by atoms with Crippen molar-refractivity contribution in [3.63, 3.8) is 0 Å². The lowest BCUT2D eigenvalue weighted by molar-refractivity contribution is -0.186. The van der Waals surface area contributed by atoms with Gasteiger partial charge >= 0.3 is 6.18 Å². The summed E-state index contributed by atoms with van der Waals surface area (Å²) < 4.78 is 41.7. The number of alkyl halides is 3. The van der Waals surface area contributed by atoms with Gasteiger partial charge < -0.3 is 4.90 Å². The molecule has 0 radical (unpaired) electrons. The minimum absolute atomic E-state index is 0.0392. The van der Waals surface area contributed by atoms with Gasteiger partial charge in [-0.15, -0.1) is 0 Å². The number of hydrogen-bond acceptors (Lipinski definition) is 3. The quantitative estimate of drug-likeness (QED) is 0.622. The maximum absolute atomic E-state index is 13.4. The second kappa shape index (κ2) is 6.86. The summed E-state index contributed by atoms with van der Waals surface area (Å²) in [5.41, 5.74) is -0.152. The minimum Gasteiger partial charge on any atom is -0.323 e. The molecule has 2 rings (SSSR count). The molecule has 0 aliphatic carbocycles. The van der Waals surface area contributed by atoms with Crippen molar-refractivity contribution in [2.75, 3.05) is 7.05 Å². The number of carbonyl (C=O) groups excluding carboxylic acids is 2. The molecule has 128 valence electrons. The topological polar surface area (TPSA) is 55.2 Å². The Morgan fingerprint density at radius 2 is 1.88 bits per heavy atom. The molecule has 8 heteroatoms. The smallest absolute Gasteiger partial charge is 0.323 e. The van der Waals surface area contributed by atoms with Crippen LogP contribution in [0.4, 0.5) is 13.2 Å². The highest BCUT2D eigenvalue weighted by molar-refractivity contribution is 6.42. The lowest BCUT2D eigenvalue weighted by Gasteiger charge is -2.29. The summed E-state index contributed by atoms with van der Waals surface area (Å²) in [6.45, 7) is 2.26. The zero-order valence-electron chi connectivity index (χ0n) is 13.1. The highest BCUT2D eigenvalue weighted by Crippen LogP contribution is 2.37. The van der Waals surface area contributed by atoms with Crippen molar-refractivity contribution < 1.29 is 22.8 Å². The molecule has 0 saturated heterocycles. The molecule has 0 saturated carbocycles. The molecule has 1 heterocycles. The van der Waals surface area contributed by atoms with Crippen molar-refractivity contribution in [1.82, 2.24) is 14.7 Å². The second-order valence-corrected chi connectivity index (χ2v) is 5.18. The highest BCUT2D eigenvalue weighted by Gasteiger charge is 2.46. The summed E-state index contributed by atoms with van der Waals surface area (Å²) in [5, 5.41) is 3.85. The number of likely N-dealkylation sites (N-methyl/N-ethyl adjacent to an activating group) is 1. The monoisotopic (exact) mass is 339 g/mol. The molecule has 1 aromatic heterocycles. The summed E-state index contributed by atoms with van der Waals surface area (Å²) in [5.74, 6) is -2.26. The molecule has 5 nitrogen and oxygen atoms in total. The number of carbonyl (C=O) groups is 2. The van der Waals surface area contributed by atoms with Crippen LogP contribution in [0.2, 0.25) is 0 Å². The Kier molecular flexibility index (Phi) is 5.06. The van der Waals surface area contributed by atoms with Gasteiger partial charge in [-0.3, -0.25) is 14.3 Å². The van der Waals surface area contributed by atoms with Gasteiger partial charge in [0.1, 0.15) is 0 Å². The number of aryl methyl sites for hydroxylation is 1. The fourth-order valence-corrected chi connectivity index (χ4v) is 2.32. The Morgan fingerprint density at radius 1 is 1.25 bits per heavy atom. The van der Waals surface area contributed by atoms with Crippen LogP contribution in [0.5, 0.6) is 0 Å². The number of nitrogens with zero attached hydrogens (tertiary/aromatic N) is 3. The number of halogens is 3. The molecule has 0 N–H and O–H groups in total. The van der Waals surface area contributed by atoms with Crippen molar-refractivity contribution in [3.8, 4) is 0 Å². The highest BCUT2D eigenvalue weighted by atomic mass is 19.4. The number of Topliss-reactive ketones (excluding diaryl/α,β-unsaturated/α-hetero) is 1. The van der Waals surface area contributed by atoms with Gasteiger partial charge in [-0.1, -0.05) is 30.3 Å². The standard InChI is InChI=1S/C16H16F3N3O2/c1-3-22-10-12(9-20-22)13(23)15(24)21(2)14(16(17,18)19)11-7-5-4-6-8-11/h4-10,14H,3H2,1-2H3/t14-/m1/s1. The van der Waals surface area contributed by atoms with Crippen LogP contribution in [0.15, 0.2) is 42.7 Å². The van der Waals surface area contributed by atoms with Gasteiger partial charge in [0.05, 0.1) is 11.8 Å². The van der Waals surface area contributed by atoms with E-state index in [2.05, 4.69) is 5.10 Å². The summed E-state index contributed by atoms with van der Waals surface area (Å²) in [6, 6.07) is 4.79. The first kappa shape index (κ1) is 17.7. The SMILES string of the molecule is CCn1cc(C(=O)C(=O)N(C)[C@H](c2ccccc2)C(F)(F)F)cn1. The van der Waals surface area contributed by atoms with Crippen molar-refractivity contribution in [1.29, 1.82) is 0 Å². The van der Waals surface area contributed by atoms with Crippen LogP contribution in [0, 0.1) is 0 Å². The minimum atomic E-state index is -4.71. The maximum atomic E-state index is 13.4. The molecule has 1 aromatic carbocycles. The lowest BCUT2D eigenvalue weighted by Crippen LogP contribution is -2.42. The van der Waals surface area contributed by atoms with Crippen molar-refractivity contribution >= 4 is 11.7 Å². The predicted octanol–water partition coefficient (Wildman–Crippen LogP) is 2.85. The molecule has 0 aliphatic rings. The molecule has 0 aliphatic heterocycles. The van der Waals surface area contributed by atoms with Crippen LogP contribution in [0.1, 0.15) is 28.9 Å². The second-order valence-electron chi connectivity index (χ2n) is 5.18. The van der Waals surface area contributed by atoms with E-state index in [0.29, 0.717) is 11.4 Å². The number of aromatic nitrogens is 2. The van der Waals surface area contributed by atoms with Crippen LogP contribution in [-0.4, -0.2) is 39.6 Å². The zero-order valence-corrected chi connectivity index (χ0v) is 13.1. The van der Waals surface area contributed by atoms with E-state index in [0.717, 1.165) is 7.05 Å². The number of hydrogen-bond donors (Lipinski definition) is 0. The van der Waals surface area contributed by atoms with E-state index in [1.165, 1.54) is 41.3 Å². The third-order valence-corrected chi connectivity index (χ3v) is 3.55. The molecule has 0 fully saturated rings. The summed E-state index contributed by atoms with van der Waals surface area (Å²) in [7, 11) is 0.968. The molecule has 0 spiro atoms. The molecule has 0 bridgehead atoms. The average molecular weight is 339 g/mol. The summed E-state index contributed by atoms with van der Waals surface area (Å²) in [6.07, 6.45) is -2.21. The van der Waals surface area contributed by atoms with Crippen molar-refractivity contribution in [2.24, 2.45) is 0 Å². The Morgan fingerprint density at radius 3 is 2.38 bits per heavy atom. The third-order valence-electron chi connectivity index (χ3n) is 3.55.